The van der Waals surface area contributed by atoms with Crippen LogP contribution in [0.2, 0.25) is 0 Å². The number of benzene rings is 1. The molecule has 0 saturated heterocycles. The zero-order chi connectivity index (χ0) is 17.1. The normalized spacial score (nSPS) is 10.8. The Hall–Kier alpha value is -2.06. The highest BCUT2D eigenvalue weighted by Gasteiger charge is 2.16. The Morgan fingerprint density at radius 3 is 2.67 bits per heavy atom. The van der Waals surface area contributed by atoms with Gasteiger partial charge in [0, 0.05) is 11.3 Å². The van der Waals surface area contributed by atoms with E-state index in [9.17, 15) is 0 Å². The maximum atomic E-state index is 5.75. The lowest BCUT2D eigenvalue weighted by Crippen LogP contribution is -1.92. The number of thiazole rings is 1. The quantitative estimate of drug-likeness (QED) is 0.610. The van der Waals surface area contributed by atoms with Crippen LogP contribution in [0.5, 0.6) is 11.5 Å². The second-order valence-electron chi connectivity index (χ2n) is 4.99. The van der Waals surface area contributed by atoms with Crippen molar-refractivity contribution in [2.24, 2.45) is 0 Å². The Morgan fingerprint density at radius 2 is 2.00 bits per heavy atom. The summed E-state index contributed by atoms with van der Waals surface area (Å²) in [6.07, 6.45) is 0. The molecule has 0 aliphatic heterocycles. The summed E-state index contributed by atoms with van der Waals surface area (Å²) in [5.74, 6) is 2.74. The molecule has 3 aromatic rings. The van der Waals surface area contributed by atoms with Gasteiger partial charge in [-0.05, 0) is 32.0 Å². The highest BCUT2D eigenvalue weighted by molar-refractivity contribution is 7.98. The summed E-state index contributed by atoms with van der Waals surface area (Å²) in [4.78, 5) is 5.31. The van der Waals surface area contributed by atoms with Crippen LogP contribution in [0.1, 0.15) is 16.3 Å². The van der Waals surface area contributed by atoms with E-state index < -0.39 is 0 Å². The minimum absolute atomic E-state index is 0.512. The van der Waals surface area contributed by atoms with Gasteiger partial charge in [0.25, 0.3) is 11.1 Å². The first-order chi connectivity index (χ1) is 11.6. The third-order valence-electron chi connectivity index (χ3n) is 3.34. The first-order valence-corrected chi connectivity index (χ1v) is 9.02. The van der Waals surface area contributed by atoms with Crippen molar-refractivity contribution in [2.75, 3.05) is 14.2 Å². The average molecular weight is 363 g/mol. The Bertz CT molecular complexity index is 845. The van der Waals surface area contributed by atoms with Crippen molar-refractivity contribution in [3.05, 3.63) is 34.5 Å². The van der Waals surface area contributed by atoms with Crippen LogP contribution in [0.25, 0.3) is 10.8 Å². The van der Waals surface area contributed by atoms with Gasteiger partial charge in [-0.3, -0.25) is 0 Å². The third-order valence-corrected chi connectivity index (χ3v) is 5.27. The summed E-state index contributed by atoms with van der Waals surface area (Å²) in [7, 11) is 3.29. The van der Waals surface area contributed by atoms with E-state index in [1.54, 1.807) is 25.6 Å². The summed E-state index contributed by atoms with van der Waals surface area (Å²) in [6.45, 7) is 3.90. The van der Waals surface area contributed by atoms with Gasteiger partial charge in [-0.25, -0.2) is 4.98 Å². The number of aryl methyl sites for hydroxylation is 2. The van der Waals surface area contributed by atoms with Gasteiger partial charge in [0.2, 0.25) is 0 Å². The number of thioether (sulfide) groups is 1. The maximum Gasteiger partial charge on any atom is 0.277 e. The molecule has 3 rings (SSSR count). The molecule has 0 unspecified atom stereocenters. The Balaban J connectivity index is 1.75. The molecular weight excluding hydrogens is 346 g/mol. The number of nitrogens with zero attached hydrogens (tertiary/aromatic N) is 3. The SMILES string of the molecule is COc1ccc(OC)c(CSc2nnc(-c3sc(C)nc3C)o2)c1. The predicted molar refractivity (Wildman–Crippen MR) is 94.0 cm³/mol. The van der Waals surface area contributed by atoms with Gasteiger partial charge in [-0.2, -0.15) is 0 Å². The lowest BCUT2D eigenvalue weighted by molar-refractivity contribution is 0.400. The lowest BCUT2D eigenvalue weighted by Gasteiger charge is -2.09. The van der Waals surface area contributed by atoms with E-state index in [1.165, 1.54) is 11.8 Å². The molecule has 0 spiro atoms. The summed E-state index contributed by atoms with van der Waals surface area (Å²) < 4.78 is 16.4. The predicted octanol–water partition coefficient (Wildman–Crippen LogP) is 4.12. The summed E-state index contributed by atoms with van der Waals surface area (Å²) in [5.41, 5.74) is 1.92. The van der Waals surface area contributed by atoms with Crippen LogP contribution in [0.15, 0.2) is 27.8 Å². The minimum atomic E-state index is 0.512. The fraction of sp³-hybridized carbons (Fsp3) is 0.312. The van der Waals surface area contributed by atoms with Crippen molar-refractivity contribution in [3.8, 4) is 22.3 Å². The molecule has 0 N–H and O–H groups in total. The number of rotatable bonds is 6. The maximum absolute atomic E-state index is 5.75. The topological polar surface area (TPSA) is 70.3 Å². The molecule has 0 atom stereocenters. The van der Waals surface area contributed by atoms with Crippen LogP contribution in [0, 0.1) is 13.8 Å². The van der Waals surface area contributed by atoms with Gasteiger partial charge in [-0.15, -0.1) is 21.5 Å². The second-order valence-corrected chi connectivity index (χ2v) is 7.12. The van der Waals surface area contributed by atoms with Crippen LogP contribution in [0.4, 0.5) is 0 Å². The zero-order valence-corrected chi connectivity index (χ0v) is 15.5. The Kier molecular flexibility index (Phi) is 5.06. The first-order valence-electron chi connectivity index (χ1n) is 7.22. The van der Waals surface area contributed by atoms with Crippen LogP contribution >= 0.6 is 23.1 Å². The number of methoxy groups -OCH3 is 2. The van der Waals surface area contributed by atoms with E-state index in [2.05, 4.69) is 15.2 Å². The molecule has 0 radical (unpaired) electrons. The molecular formula is C16H17N3O3S2. The standard InChI is InChI=1S/C16H17N3O3S2/c1-9-14(24-10(2)17-9)15-18-19-16(22-15)23-8-11-7-12(20-3)5-6-13(11)21-4/h5-7H,8H2,1-4H3. The van der Waals surface area contributed by atoms with E-state index in [1.807, 2.05) is 32.0 Å². The molecule has 0 amide bonds. The van der Waals surface area contributed by atoms with Crippen LogP contribution in [-0.4, -0.2) is 29.4 Å². The van der Waals surface area contributed by atoms with Crippen molar-refractivity contribution >= 4 is 23.1 Å². The van der Waals surface area contributed by atoms with E-state index >= 15 is 0 Å². The van der Waals surface area contributed by atoms with Crippen molar-refractivity contribution in [2.45, 2.75) is 24.8 Å². The van der Waals surface area contributed by atoms with Crippen molar-refractivity contribution in [1.29, 1.82) is 0 Å². The monoisotopic (exact) mass is 363 g/mol. The molecule has 24 heavy (non-hydrogen) atoms. The average Bonchev–Trinajstić information content (AvgIpc) is 3.18. The Morgan fingerprint density at radius 1 is 1.17 bits per heavy atom. The molecule has 0 saturated carbocycles. The van der Waals surface area contributed by atoms with Gasteiger partial charge in [0.15, 0.2) is 0 Å². The van der Waals surface area contributed by atoms with Gasteiger partial charge in [-0.1, -0.05) is 11.8 Å². The van der Waals surface area contributed by atoms with Crippen molar-refractivity contribution in [3.63, 3.8) is 0 Å². The fourth-order valence-corrected chi connectivity index (χ4v) is 3.81. The van der Waals surface area contributed by atoms with Gasteiger partial charge < -0.3 is 13.9 Å². The highest BCUT2D eigenvalue weighted by Crippen LogP contribution is 2.33. The lowest BCUT2D eigenvalue weighted by atomic mass is 10.2. The molecule has 2 heterocycles. The molecule has 8 heteroatoms. The zero-order valence-electron chi connectivity index (χ0n) is 13.8. The van der Waals surface area contributed by atoms with E-state index in [-0.39, 0.29) is 0 Å². The highest BCUT2D eigenvalue weighted by atomic mass is 32.2. The first kappa shape index (κ1) is 16.8. The molecule has 6 nitrogen and oxygen atoms in total. The fourth-order valence-electron chi connectivity index (χ4n) is 2.22. The van der Waals surface area contributed by atoms with Crippen molar-refractivity contribution < 1.29 is 13.9 Å². The van der Waals surface area contributed by atoms with E-state index in [0.29, 0.717) is 16.9 Å². The number of hydrogen-bond donors (Lipinski definition) is 0. The second kappa shape index (κ2) is 7.23. The summed E-state index contributed by atoms with van der Waals surface area (Å²) >= 11 is 3.01. The molecule has 0 bridgehead atoms. The molecule has 0 aliphatic rings. The number of ether oxygens (including phenoxy) is 2. The largest absolute Gasteiger partial charge is 0.497 e. The molecule has 0 aliphatic carbocycles. The van der Waals surface area contributed by atoms with E-state index in [0.717, 1.165) is 32.6 Å². The Labute approximate surface area is 148 Å². The minimum Gasteiger partial charge on any atom is -0.497 e. The molecule has 126 valence electrons. The van der Waals surface area contributed by atoms with Crippen molar-refractivity contribution in [1.82, 2.24) is 15.2 Å². The summed E-state index contributed by atoms with van der Waals surface area (Å²) in [5, 5.41) is 9.73. The smallest absolute Gasteiger partial charge is 0.277 e. The van der Waals surface area contributed by atoms with Crippen LogP contribution in [0.3, 0.4) is 0 Å². The third kappa shape index (κ3) is 3.54. The summed E-state index contributed by atoms with van der Waals surface area (Å²) in [6, 6.07) is 5.70. The number of aromatic nitrogens is 3. The van der Waals surface area contributed by atoms with Crippen LogP contribution in [-0.2, 0) is 5.75 Å². The molecule has 0 fully saturated rings. The van der Waals surface area contributed by atoms with Gasteiger partial charge >= 0.3 is 0 Å². The molecule has 2 aromatic heterocycles. The van der Waals surface area contributed by atoms with Gasteiger partial charge in [0.05, 0.1) is 24.9 Å². The molecule has 1 aromatic carbocycles. The van der Waals surface area contributed by atoms with E-state index in [4.69, 9.17) is 13.9 Å². The number of hydrogen-bond acceptors (Lipinski definition) is 8. The van der Waals surface area contributed by atoms with Gasteiger partial charge in [0.1, 0.15) is 16.4 Å². The van der Waals surface area contributed by atoms with Crippen LogP contribution < -0.4 is 9.47 Å².